The van der Waals surface area contributed by atoms with Crippen molar-refractivity contribution in [3.05, 3.63) is 12.7 Å². The third kappa shape index (κ3) is 5.42. The van der Waals surface area contributed by atoms with Gasteiger partial charge in [0.25, 0.3) is 0 Å². The van der Waals surface area contributed by atoms with Gasteiger partial charge < -0.3 is 14.8 Å². The topological polar surface area (TPSA) is 64.6 Å². The molecular weight excluding hydrogens is 246 g/mol. The summed E-state index contributed by atoms with van der Waals surface area (Å²) >= 11 is 0. The van der Waals surface area contributed by atoms with E-state index in [1.807, 2.05) is 20.8 Å². The maximum atomic E-state index is 11.4. The molecule has 5 nitrogen and oxygen atoms in total. The predicted molar refractivity (Wildman–Crippen MR) is 73.6 cm³/mol. The van der Waals surface area contributed by atoms with Crippen LogP contribution in [0.3, 0.4) is 0 Å². The summed E-state index contributed by atoms with van der Waals surface area (Å²) in [5, 5.41) is 2.49. The van der Waals surface area contributed by atoms with Gasteiger partial charge >= 0.3 is 5.97 Å². The molecule has 1 amide bonds. The first-order valence-electron chi connectivity index (χ1n) is 6.33. The second-order valence-electron chi connectivity index (χ2n) is 5.32. The average Bonchev–Trinajstić information content (AvgIpc) is 3.05. The molecule has 1 aliphatic rings. The molecule has 0 aromatic heterocycles. The number of nitrogens with one attached hydrogen (secondary N) is 1. The van der Waals surface area contributed by atoms with E-state index in [1.54, 1.807) is 20.1 Å². The zero-order chi connectivity index (χ0) is 15.1. The minimum absolute atomic E-state index is 0.0109. The largest absolute Gasteiger partial charge is 0.464 e. The summed E-state index contributed by atoms with van der Waals surface area (Å²) in [6.07, 6.45) is 2.78. The van der Waals surface area contributed by atoms with Gasteiger partial charge in [-0.2, -0.15) is 0 Å². The number of carbonyl (C=O) groups is 2. The zero-order valence-corrected chi connectivity index (χ0v) is 12.5. The number of hydrogen-bond acceptors (Lipinski definition) is 4. The van der Waals surface area contributed by atoms with Crippen molar-refractivity contribution in [1.82, 2.24) is 5.32 Å². The first-order chi connectivity index (χ1) is 8.77. The number of esters is 1. The molecule has 0 radical (unpaired) electrons. The Morgan fingerprint density at radius 2 is 2.05 bits per heavy atom. The van der Waals surface area contributed by atoms with Crippen LogP contribution in [0.25, 0.3) is 0 Å². The van der Waals surface area contributed by atoms with E-state index in [4.69, 9.17) is 9.47 Å². The fourth-order valence-corrected chi connectivity index (χ4v) is 1.40. The van der Waals surface area contributed by atoms with Crippen LogP contribution in [0.4, 0.5) is 0 Å². The summed E-state index contributed by atoms with van der Waals surface area (Å²) in [7, 11) is 1.71. The van der Waals surface area contributed by atoms with E-state index in [1.165, 1.54) is 0 Å². The minimum atomic E-state index is -0.820. The second-order valence-corrected chi connectivity index (χ2v) is 5.32. The van der Waals surface area contributed by atoms with Crippen molar-refractivity contribution in [3.63, 3.8) is 0 Å². The highest BCUT2D eigenvalue weighted by atomic mass is 16.5. The molecule has 2 unspecified atom stereocenters. The summed E-state index contributed by atoms with van der Waals surface area (Å²) < 4.78 is 9.78. The molecule has 5 heteroatoms. The maximum absolute atomic E-state index is 11.4. The Balaban J connectivity index is 0.000000459. The molecule has 0 heterocycles. The number of rotatable bonds is 5. The molecule has 1 fully saturated rings. The number of ether oxygens (including phenoxy) is 2. The van der Waals surface area contributed by atoms with Gasteiger partial charge in [-0.25, -0.2) is 4.79 Å². The molecule has 1 saturated carbocycles. The summed E-state index contributed by atoms with van der Waals surface area (Å²) in [5.74, 6) is -0.358. The molecule has 19 heavy (non-hydrogen) atoms. The Morgan fingerprint density at radius 1 is 1.53 bits per heavy atom. The second kappa shape index (κ2) is 7.28. The van der Waals surface area contributed by atoms with Gasteiger partial charge in [-0.1, -0.05) is 6.08 Å². The van der Waals surface area contributed by atoms with Gasteiger partial charge in [-0.15, -0.1) is 6.58 Å². The van der Waals surface area contributed by atoms with E-state index in [-0.39, 0.29) is 17.5 Å². The van der Waals surface area contributed by atoms with Crippen molar-refractivity contribution < 1.29 is 19.1 Å². The van der Waals surface area contributed by atoms with E-state index >= 15 is 0 Å². The summed E-state index contributed by atoms with van der Waals surface area (Å²) in [6.45, 7) is 11.7. The molecule has 0 bridgehead atoms. The van der Waals surface area contributed by atoms with Gasteiger partial charge in [0.2, 0.25) is 6.41 Å². The van der Waals surface area contributed by atoms with Crippen LogP contribution in [0.1, 0.15) is 34.1 Å². The monoisotopic (exact) mass is 271 g/mol. The van der Waals surface area contributed by atoms with Crippen molar-refractivity contribution in [2.24, 2.45) is 5.92 Å². The van der Waals surface area contributed by atoms with E-state index in [0.29, 0.717) is 19.4 Å². The van der Waals surface area contributed by atoms with Crippen LogP contribution in [-0.4, -0.2) is 37.2 Å². The third-order valence-electron chi connectivity index (χ3n) is 2.87. The SMILES string of the molecule is C=CC1CC1(NC=O)C(=O)OCC.COC(C)(C)C. The van der Waals surface area contributed by atoms with Gasteiger partial charge in [0.15, 0.2) is 0 Å². The van der Waals surface area contributed by atoms with Crippen molar-refractivity contribution in [3.8, 4) is 0 Å². The van der Waals surface area contributed by atoms with Crippen molar-refractivity contribution >= 4 is 12.4 Å². The van der Waals surface area contributed by atoms with Crippen LogP contribution in [-0.2, 0) is 19.1 Å². The third-order valence-corrected chi connectivity index (χ3v) is 2.87. The lowest BCUT2D eigenvalue weighted by atomic mass is 10.2. The molecule has 0 saturated heterocycles. The quantitative estimate of drug-likeness (QED) is 0.469. The molecule has 0 aliphatic heterocycles. The Hall–Kier alpha value is -1.36. The minimum Gasteiger partial charge on any atom is -0.464 e. The Bertz CT molecular complexity index is 322. The first kappa shape index (κ1) is 17.6. The Labute approximate surface area is 115 Å². The van der Waals surface area contributed by atoms with Crippen LogP contribution in [0, 0.1) is 5.92 Å². The van der Waals surface area contributed by atoms with E-state index in [2.05, 4.69) is 11.9 Å². The van der Waals surface area contributed by atoms with Crippen LogP contribution in [0.5, 0.6) is 0 Å². The number of hydrogen-bond donors (Lipinski definition) is 1. The van der Waals surface area contributed by atoms with Gasteiger partial charge in [0.05, 0.1) is 12.2 Å². The van der Waals surface area contributed by atoms with Gasteiger partial charge in [0, 0.05) is 13.0 Å². The normalized spacial score (nSPS) is 24.6. The van der Waals surface area contributed by atoms with Crippen LogP contribution in [0.2, 0.25) is 0 Å². The van der Waals surface area contributed by atoms with Crippen LogP contribution in [0.15, 0.2) is 12.7 Å². The number of carbonyl (C=O) groups excluding carboxylic acids is 2. The lowest BCUT2D eigenvalue weighted by Crippen LogP contribution is -2.41. The van der Waals surface area contributed by atoms with Gasteiger partial charge in [-0.3, -0.25) is 4.79 Å². The fraction of sp³-hybridized carbons (Fsp3) is 0.714. The van der Waals surface area contributed by atoms with Gasteiger partial charge in [-0.05, 0) is 34.1 Å². The van der Waals surface area contributed by atoms with Crippen molar-refractivity contribution in [1.29, 1.82) is 0 Å². The molecule has 0 aromatic rings. The van der Waals surface area contributed by atoms with Crippen molar-refractivity contribution in [2.45, 2.75) is 45.3 Å². The lowest BCUT2D eigenvalue weighted by molar-refractivity contribution is -0.148. The molecule has 1 N–H and O–H groups in total. The highest BCUT2D eigenvalue weighted by Gasteiger charge is 2.60. The van der Waals surface area contributed by atoms with E-state index in [9.17, 15) is 9.59 Å². The lowest BCUT2D eigenvalue weighted by Gasteiger charge is -2.14. The molecule has 110 valence electrons. The summed E-state index contributed by atoms with van der Waals surface area (Å²) in [6, 6.07) is 0. The molecular formula is C14H25NO4. The Morgan fingerprint density at radius 3 is 2.32 bits per heavy atom. The molecule has 0 spiro atoms. The van der Waals surface area contributed by atoms with E-state index in [0.717, 1.165) is 0 Å². The zero-order valence-electron chi connectivity index (χ0n) is 12.5. The number of methoxy groups -OCH3 is 1. The molecule has 1 rings (SSSR count). The highest BCUT2D eigenvalue weighted by Crippen LogP contribution is 2.44. The van der Waals surface area contributed by atoms with Gasteiger partial charge in [0.1, 0.15) is 5.54 Å². The van der Waals surface area contributed by atoms with Crippen molar-refractivity contribution in [2.75, 3.05) is 13.7 Å². The van der Waals surface area contributed by atoms with Crippen LogP contribution >= 0.6 is 0 Å². The summed E-state index contributed by atoms with van der Waals surface area (Å²) in [4.78, 5) is 21.7. The maximum Gasteiger partial charge on any atom is 0.332 e. The Kier molecular flexibility index (Phi) is 6.76. The average molecular weight is 271 g/mol. The molecule has 1 aliphatic carbocycles. The highest BCUT2D eigenvalue weighted by molar-refractivity contribution is 5.88. The molecule has 0 aromatic carbocycles. The first-order valence-corrected chi connectivity index (χ1v) is 6.33. The number of amides is 1. The summed E-state index contributed by atoms with van der Waals surface area (Å²) in [5.41, 5.74) is -0.778. The smallest absolute Gasteiger partial charge is 0.332 e. The van der Waals surface area contributed by atoms with E-state index < -0.39 is 5.54 Å². The standard InChI is InChI=1S/C9H13NO3.C5H12O/c1-3-7-5-9(7,10-6-11)8(12)13-4-2;1-5(2,3)6-4/h3,6-7H,1,4-5H2,2H3,(H,10,11);1-4H3. The fourth-order valence-electron chi connectivity index (χ4n) is 1.40. The van der Waals surface area contributed by atoms with Crippen LogP contribution < -0.4 is 5.32 Å². The predicted octanol–water partition coefficient (Wildman–Crippen LogP) is 1.67. The molecule has 2 atom stereocenters.